The summed E-state index contributed by atoms with van der Waals surface area (Å²) in [6, 6.07) is 0. The maximum absolute atomic E-state index is 11.5. The summed E-state index contributed by atoms with van der Waals surface area (Å²) in [6.45, 7) is -1.05. The average Bonchev–Trinajstić information content (AvgIpc) is 2.78. The minimum Gasteiger partial charge on any atom is -0.790 e. The zero-order chi connectivity index (χ0) is 22.2. The Kier molecular flexibility index (Phi) is 20.8. The first-order chi connectivity index (χ1) is 13.1. The van der Waals surface area contributed by atoms with E-state index < -0.39 is 54.6 Å². The van der Waals surface area contributed by atoms with Crippen molar-refractivity contribution in [2.75, 3.05) is 13.2 Å². The molecule has 0 saturated carbocycles. The fourth-order valence-corrected chi connectivity index (χ4v) is 5.57. The van der Waals surface area contributed by atoms with E-state index in [2.05, 4.69) is 18.5 Å². The molecule has 1 amide bonds. The van der Waals surface area contributed by atoms with Crippen molar-refractivity contribution in [1.82, 2.24) is 10.2 Å². The van der Waals surface area contributed by atoms with Gasteiger partial charge in [0.15, 0.2) is 11.3 Å². The number of nitrogens with one attached hydrogen (secondary N) is 1. The number of phosphoric acid groups is 3. The number of hydrogen-bond donors (Lipinski definition) is 3. The Morgan fingerprint density at radius 3 is 2.06 bits per heavy atom. The number of carbonyl (C=O) groups excluding carboxylic acids is 1. The van der Waals surface area contributed by atoms with E-state index in [0.29, 0.717) is 0 Å². The molecule has 2 aliphatic heterocycles. The van der Waals surface area contributed by atoms with Crippen LogP contribution < -0.4 is 143 Å². The second-order valence-corrected chi connectivity index (χ2v) is 10.3. The van der Waals surface area contributed by atoms with Crippen LogP contribution in [0.3, 0.4) is 0 Å². The van der Waals surface area contributed by atoms with Crippen molar-refractivity contribution in [3.8, 4) is 0 Å². The van der Waals surface area contributed by atoms with Crippen LogP contribution in [0.2, 0.25) is 0 Å². The summed E-state index contributed by atoms with van der Waals surface area (Å²) in [7, 11) is -18.0. The normalized spacial score (nSPS) is 28.6. The van der Waals surface area contributed by atoms with Crippen molar-refractivity contribution in [2.24, 2.45) is 0 Å². The van der Waals surface area contributed by atoms with Crippen LogP contribution in [0.5, 0.6) is 0 Å². The first kappa shape index (κ1) is 41.1. The Bertz CT molecular complexity index is 821. The van der Waals surface area contributed by atoms with Gasteiger partial charge in [-0.2, -0.15) is 0 Å². The van der Waals surface area contributed by atoms with Gasteiger partial charge < -0.3 is 53.8 Å². The Morgan fingerprint density at radius 2 is 1.58 bits per heavy atom. The molecule has 0 bridgehead atoms. The molecule has 16 nitrogen and oxygen atoms in total. The van der Waals surface area contributed by atoms with Gasteiger partial charge >= 0.3 is 118 Å². The number of aliphatic hydroxyl groups is 2. The topological polar surface area (TPSA) is 253 Å². The van der Waals surface area contributed by atoms with Crippen molar-refractivity contribution < 1.29 is 184 Å². The summed E-state index contributed by atoms with van der Waals surface area (Å²) in [5.74, 6) is -0.381. The van der Waals surface area contributed by atoms with E-state index in [1.165, 1.54) is 4.90 Å². The molecule has 24 heteroatoms. The predicted molar refractivity (Wildman–Crippen MR) is 83.7 cm³/mol. The smallest absolute Gasteiger partial charge is 0.790 e. The molecule has 0 aliphatic carbocycles. The molecule has 2 heterocycles. The molecule has 2 saturated heterocycles. The molecule has 0 aromatic heterocycles. The first-order valence-electron chi connectivity index (χ1n) is 7.44. The predicted octanol–water partition coefficient (Wildman–Crippen LogP) is -16.6. The Labute approximate surface area is 281 Å². The molecule has 3 N–H and O–H groups in total. The van der Waals surface area contributed by atoms with Gasteiger partial charge in [0, 0.05) is 13.0 Å². The molecule has 0 aromatic rings. The molecule has 6 atom stereocenters. The van der Waals surface area contributed by atoms with Crippen molar-refractivity contribution >= 4 is 46.7 Å². The van der Waals surface area contributed by atoms with Crippen molar-refractivity contribution in [3.05, 3.63) is 0 Å². The minimum absolute atomic E-state index is 0. The van der Waals surface area contributed by atoms with Gasteiger partial charge in [-0.15, -0.1) is 0 Å². The summed E-state index contributed by atoms with van der Waals surface area (Å²) in [4.78, 5) is 55.6. The third-order valence-electron chi connectivity index (χ3n) is 3.53. The number of thiocarbonyl (C=S) groups is 1. The first-order valence-corrected chi connectivity index (χ1v) is 12.2. The van der Waals surface area contributed by atoms with E-state index >= 15 is 0 Å². The van der Waals surface area contributed by atoms with E-state index in [4.69, 9.17) is 17.0 Å². The SMILES string of the molecule is O=C1CCN(C2OC(COP(=O)([O-])OP(=O)([O-])OP(=O)([O-])[O-])C(O)C2O)C(=S)N1.[Na+].[Na+].[Na+].[Na+]. The van der Waals surface area contributed by atoms with Gasteiger partial charge in [0.05, 0.1) is 14.4 Å². The maximum Gasteiger partial charge on any atom is 1.00 e. The van der Waals surface area contributed by atoms with Crippen LogP contribution in [0.15, 0.2) is 0 Å². The zero-order valence-electron chi connectivity index (χ0n) is 17.9. The molecule has 0 spiro atoms. The summed E-state index contributed by atoms with van der Waals surface area (Å²) < 4.78 is 48.7. The maximum atomic E-state index is 11.5. The number of hydrogen-bond acceptors (Lipinski definition) is 15. The molecule has 2 fully saturated rings. The van der Waals surface area contributed by atoms with Crippen LogP contribution in [0, 0.1) is 0 Å². The van der Waals surface area contributed by atoms with Crippen molar-refractivity contribution in [1.29, 1.82) is 0 Å². The van der Waals surface area contributed by atoms with E-state index in [1.807, 2.05) is 0 Å². The number of rotatable bonds is 8. The third kappa shape index (κ3) is 13.5. The number of ether oxygens (including phenoxy) is 1. The van der Waals surface area contributed by atoms with Crippen LogP contribution >= 0.6 is 35.7 Å². The molecule has 168 valence electrons. The fraction of sp³-hybridized carbons (Fsp3) is 0.778. The molecular weight excluding hydrogens is 577 g/mol. The molecule has 2 rings (SSSR count). The molecule has 0 aromatic carbocycles. The van der Waals surface area contributed by atoms with Crippen LogP contribution in [0.4, 0.5) is 0 Å². The van der Waals surface area contributed by atoms with Crippen LogP contribution in [-0.4, -0.2) is 63.8 Å². The van der Waals surface area contributed by atoms with Gasteiger partial charge in [0.25, 0.3) is 15.6 Å². The fourth-order valence-electron chi connectivity index (χ4n) is 2.39. The van der Waals surface area contributed by atoms with Gasteiger partial charge in [-0.3, -0.25) is 18.2 Å². The summed E-state index contributed by atoms with van der Waals surface area (Å²) in [5.41, 5.74) is 0. The standard InChI is InChI=1S/C9H17N2O14P3S.4Na/c12-5-1-2-11(9(29)10-5)8-7(14)6(13)4(23-8)3-22-27(18,19)25-28(20,21)24-26(15,16)17;;;;/h4,6-8,13-14H,1-3H2,(H,18,19)(H,20,21)(H,10,12,29)(H2,15,16,17);;;;/q;4*+1/p-4. The summed E-state index contributed by atoms with van der Waals surface area (Å²) in [6.07, 6.45) is -6.17. The second-order valence-electron chi connectivity index (χ2n) is 5.64. The molecule has 2 aliphatic rings. The Balaban J connectivity index is -0.00000225. The van der Waals surface area contributed by atoms with Gasteiger partial charge in [-0.05, 0) is 12.2 Å². The molecule has 33 heavy (non-hydrogen) atoms. The van der Waals surface area contributed by atoms with Gasteiger partial charge in [0.2, 0.25) is 5.91 Å². The quantitative estimate of drug-likeness (QED) is 0.135. The molecular formula is C9H13N2Na4O14P3S. The number of phosphoric ester groups is 1. The van der Waals surface area contributed by atoms with Gasteiger partial charge in [-0.1, -0.05) is 0 Å². The second kappa shape index (κ2) is 16.7. The van der Waals surface area contributed by atoms with E-state index in [9.17, 15) is 48.3 Å². The number of amides is 1. The van der Waals surface area contributed by atoms with Crippen molar-refractivity contribution in [3.63, 3.8) is 0 Å². The Hall–Kier alpha value is 3.65. The largest absolute Gasteiger partial charge is 1.00 e. The third-order valence-corrected chi connectivity index (χ3v) is 7.53. The number of carbonyl (C=O) groups is 1. The number of aliphatic hydroxyl groups excluding tert-OH is 2. The molecule has 6 unspecified atom stereocenters. The van der Waals surface area contributed by atoms with E-state index in [-0.39, 0.29) is 142 Å². The van der Waals surface area contributed by atoms with Crippen LogP contribution in [-0.2, 0) is 36.4 Å². The van der Waals surface area contributed by atoms with Gasteiger partial charge in [0.1, 0.15) is 18.3 Å². The monoisotopic (exact) mass is 590 g/mol. The number of nitrogens with zero attached hydrogens (tertiary/aromatic N) is 1. The van der Waals surface area contributed by atoms with E-state index in [1.54, 1.807) is 0 Å². The van der Waals surface area contributed by atoms with E-state index in [0.717, 1.165) is 0 Å². The van der Waals surface area contributed by atoms with Crippen LogP contribution in [0.25, 0.3) is 0 Å². The minimum atomic E-state index is -6.13. The zero-order valence-corrected chi connectivity index (χ0v) is 29.4. The Morgan fingerprint density at radius 1 is 1.03 bits per heavy atom. The molecule has 0 radical (unpaired) electrons. The van der Waals surface area contributed by atoms with Crippen molar-refractivity contribution in [2.45, 2.75) is 31.0 Å². The van der Waals surface area contributed by atoms with Gasteiger partial charge in [-0.25, -0.2) is 4.31 Å². The average molecular weight is 590 g/mol. The van der Waals surface area contributed by atoms with Crippen LogP contribution in [0.1, 0.15) is 6.42 Å². The summed E-state index contributed by atoms with van der Waals surface area (Å²) >= 11 is 4.92. The summed E-state index contributed by atoms with van der Waals surface area (Å²) in [5, 5.41) is 22.2.